The molecule has 3 amide bonds. The SMILES string of the molecule is CC(NC(=O)[C@@H]1C[C@]2(C)C[C@@H]2N1C(=O)CNC(=O)c1ccc(Oc2ccccc2)cc1)c1cc(B2OC(C)(C)C(C)(C)O2)cs1. The average molecular weight is 630 g/mol. The molecule has 3 fully saturated rings. The second-order valence-electron chi connectivity index (χ2n) is 13.6. The van der Waals surface area contributed by atoms with E-state index in [1.165, 1.54) is 0 Å². The van der Waals surface area contributed by atoms with Gasteiger partial charge in [0, 0.05) is 16.5 Å². The number of carbonyl (C=O) groups is 3. The minimum absolute atomic E-state index is 0.000843. The maximum atomic E-state index is 13.6. The van der Waals surface area contributed by atoms with E-state index in [0.29, 0.717) is 23.5 Å². The van der Waals surface area contributed by atoms with E-state index >= 15 is 0 Å². The summed E-state index contributed by atoms with van der Waals surface area (Å²) in [7, 11) is -0.464. The zero-order valence-corrected chi connectivity index (χ0v) is 27.4. The summed E-state index contributed by atoms with van der Waals surface area (Å²) in [6.07, 6.45) is 1.46. The molecule has 45 heavy (non-hydrogen) atoms. The Balaban J connectivity index is 1.04. The molecule has 2 N–H and O–H groups in total. The molecule has 11 heteroatoms. The van der Waals surface area contributed by atoms with Crippen molar-refractivity contribution in [1.82, 2.24) is 15.5 Å². The molecule has 3 aliphatic rings. The van der Waals surface area contributed by atoms with E-state index in [9.17, 15) is 14.4 Å². The molecule has 2 saturated heterocycles. The molecule has 3 aromatic rings. The van der Waals surface area contributed by atoms with E-state index < -0.39 is 24.4 Å². The van der Waals surface area contributed by atoms with Crippen LogP contribution in [0.25, 0.3) is 0 Å². The number of rotatable bonds is 9. The highest BCUT2D eigenvalue weighted by atomic mass is 32.1. The van der Waals surface area contributed by atoms with Gasteiger partial charge in [0.05, 0.1) is 23.8 Å². The predicted molar refractivity (Wildman–Crippen MR) is 174 cm³/mol. The Hall–Kier alpha value is -3.67. The fraction of sp³-hybridized carbons (Fsp3) is 0.441. The van der Waals surface area contributed by atoms with Gasteiger partial charge >= 0.3 is 7.12 Å². The zero-order chi connectivity index (χ0) is 32.1. The van der Waals surface area contributed by atoms with Gasteiger partial charge in [0.1, 0.15) is 17.5 Å². The first kappa shape index (κ1) is 31.3. The molecule has 1 aromatic heterocycles. The van der Waals surface area contributed by atoms with Crippen molar-refractivity contribution in [1.29, 1.82) is 0 Å². The monoisotopic (exact) mass is 629 g/mol. The molecule has 0 spiro atoms. The lowest BCUT2D eigenvalue weighted by molar-refractivity contribution is -0.139. The summed E-state index contributed by atoms with van der Waals surface area (Å²) in [5, 5.41) is 7.87. The molecule has 0 radical (unpaired) electrons. The van der Waals surface area contributed by atoms with Crippen molar-refractivity contribution in [3.8, 4) is 11.5 Å². The summed E-state index contributed by atoms with van der Waals surface area (Å²) in [5.41, 5.74) is 0.398. The van der Waals surface area contributed by atoms with Crippen molar-refractivity contribution in [3.05, 3.63) is 76.5 Å². The normalized spacial score (nSPS) is 24.9. The third-order valence-electron chi connectivity index (χ3n) is 9.67. The zero-order valence-electron chi connectivity index (χ0n) is 26.6. The van der Waals surface area contributed by atoms with Gasteiger partial charge in [-0.25, -0.2) is 0 Å². The van der Waals surface area contributed by atoms with Crippen molar-refractivity contribution >= 4 is 41.6 Å². The molecule has 1 unspecified atom stereocenters. The highest BCUT2D eigenvalue weighted by molar-refractivity contribution is 7.11. The van der Waals surface area contributed by atoms with E-state index in [-0.39, 0.29) is 41.8 Å². The average Bonchev–Trinajstić information content (AvgIpc) is 3.29. The molecule has 4 atom stereocenters. The summed E-state index contributed by atoms with van der Waals surface area (Å²) >= 11 is 1.54. The Morgan fingerprint density at radius 2 is 1.62 bits per heavy atom. The predicted octanol–water partition coefficient (Wildman–Crippen LogP) is 4.83. The third kappa shape index (κ3) is 6.26. The van der Waals surface area contributed by atoms with Gasteiger partial charge in [0.2, 0.25) is 11.8 Å². The Kier molecular flexibility index (Phi) is 8.08. The quantitative estimate of drug-likeness (QED) is 0.329. The lowest BCUT2D eigenvalue weighted by atomic mass is 9.81. The van der Waals surface area contributed by atoms with Crippen LogP contribution in [0.2, 0.25) is 0 Å². The van der Waals surface area contributed by atoms with Gasteiger partial charge in [-0.2, -0.15) is 0 Å². The van der Waals surface area contributed by atoms with Crippen LogP contribution < -0.4 is 20.8 Å². The molecule has 1 aliphatic carbocycles. The van der Waals surface area contributed by atoms with Gasteiger partial charge in [-0.3, -0.25) is 14.4 Å². The van der Waals surface area contributed by atoms with Crippen LogP contribution in [0, 0.1) is 5.41 Å². The van der Waals surface area contributed by atoms with E-state index in [1.54, 1.807) is 40.5 Å². The summed E-state index contributed by atoms with van der Waals surface area (Å²) < 4.78 is 18.2. The summed E-state index contributed by atoms with van der Waals surface area (Å²) in [4.78, 5) is 42.5. The second kappa shape index (κ2) is 11.6. The molecule has 6 rings (SSSR count). The number of likely N-dealkylation sites (tertiary alicyclic amines) is 1. The number of carbonyl (C=O) groups excluding carboxylic acids is 3. The van der Waals surface area contributed by atoms with Gasteiger partial charge in [-0.05, 0) is 106 Å². The minimum atomic E-state index is -0.586. The van der Waals surface area contributed by atoms with Crippen molar-refractivity contribution in [3.63, 3.8) is 0 Å². The maximum Gasteiger partial charge on any atom is 0.495 e. The van der Waals surface area contributed by atoms with Crippen molar-refractivity contribution in [2.75, 3.05) is 6.54 Å². The fourth-order valence-corrected chi connectivity index (χ4v) is 7.01. The van der Waals surface area contributed by atoms with Gasteiger partial charge in [-0.15, -0.1) is 11.3 Å². The highest BCUT2D eigenvalue weighted by Crippen LogP contribution is 2.59. The first-order valence-corrected chi connectivity index (χ1v) is 16.3. The molecular weight excluding hydrogens is 589 g/mol. The lowest BCUT2D eigenvalue weighted by Crippen LogP contribution is -2.51. The van der Waals surface area contributed by atoms with Crippen LogP contribution in [0.4, 0.5) is 0 Å². The van der Waals surface area contributed by atoms with Gasteiger partial charge in [0.15, 0.2) is 0 Å². The Bertz CT molecular complexity index is 1580. The topological polar surface area (TPSA) is 106 Å². The first-order valence-electron chi connectivity index (χ1n) is 15.4. The van der Waals surface area contributed by atoms with E-state index in [2.05, 4.69) is 17.6 Å². The standard InChI is InChI=1S/C34H40BN3O6S/c1-21(27-16-23(20-45-27)35-43-32(2,3)33(4,5)44-35)37-31(41)26-17-34(6)18-28(34)38(26)29(39)19-36-30(40)22-12-14-25(15-13-22)42-24-10-8-7-9-11-24/h7-16,20-21,26,28H,17-19H2,1-6H3,(H,36,40)(H,37,41)/t21?,26-,28-,34+/m0/s1. The van der Waals surface area contributed by atoms with Crippen molar-refractivity contribution in [2.45, 2.75) is 83.7 Å². The molecular formula is C34H40BN3O6S. The van der Waals surface area contributed by atoms with Gasteiger partial charge in [-0.1, -0.05) is 25.1 Å². The van der Waals surface area contributed by atoms with Crippen LogP contribution in [0.1, 0.15) is 75.7 Å². The summed E-state index contributed by atoms with van der Waals surface area (Å²) in [6.45, 7) is 12.0. The molecule has 1 saturated carbocycles. The van der Waals surface area contributed by atoms with Crippen LogP contribution in [0.3, 0.4) is 0 Å². The molecule has 9 nitrogen and oxygen atoms in total. The van der Waals surface area contributed by atoms with Crippen LogP contribution in [-0.2, 0) is 18.9 Å². The Labute approximate surface area is 268 Å². The van der Waals surface area contributed by atoms with Crippen LogP contribution in [0.5, 0.6) is 11.5 Å². The number of thiophene rings is 1. The van der Waals surface area contributed by atoms with Crippen molar-refractivity contribution in [2.24, 2.45) is 5.41 Å². The molecule has 2 aromatic carbocycles. The van der Waals surface area contributed by atoms with Crippen LogP contribution in [-0.4, -0.2) is 59.6 Å². The largest absolute Gasteiger partial charge is 0.495 e. The van der Waals surface area contributed by atoms with E-state index in [4.69, 9.17) is 14.0 Å². The molecule has 236 valence electrons. The molecule has 3 heterocycles. The number of nitrogens with zero attached hydrogens (tertiary/aromatic N) is 1. The number of ether oxygens (including phenoxy) is 1. The molecule has 0 bridgehead atoms. The van der Waals surface area contributed by atoms with E-state index in [1.807, 2.05) is 76.4 Å². The second-order valence-corrected chi connectivity index (χ2v) is 14.6. The Morgan fingerprint density at radius 1 is 0.978 bits per heavy atom. The van der Waals surface area contributed by atoms with Crippen molar-refractivity contribution < 1.29 is 28.4 Å². The highest BCUT2D eigenvalue weighted by Gasteiger charge is 2.64. The van der Waals surface area contributed by atoms with Gasteiger partial charge < -0.3 is 29.6 Å². The minimum Gasteiger partial charge on any atom is -0.457 e. The number of piperidine rings is 1. The lowest BCUT2D eigenvalue weighted by Gasteiger charge is -2.32. The number of amides is 3. The number of para-hydroxylation sites is 1. The smallest absolute Gasteiger partial charge is 0.457 e. The van der Waals surface area contributed by atoms with Crippen LogP contribution >= 0.6 is 11.3 Å². The third-order valence-corrected chi connectivity index (χ3v) is 10.8. The Morgan fingerprint density at radius 3 is 2.29 bits per heavy atom. The number of hydrogen-bond acceptors (Lipinski definition) is 7. The number of benzene rings is 2. The van der Waals surface area contributed by atoms with Gasteiger partial charge in [0.25, 0.3) is 5.91 Å². The maximum absolute atomic E-state index is 13.6. The number of nitrogens with one attached hydrogen (secondary N) is 2. The van der Waals surface area contributed by atoms with E-state index in [0.717, 1.165) is 16.8 Å². The first-order chi connectivity index (χ1) is 21.3. The number of hydrogen-bond donors (Lipinski definition) is 2. The summed E-state index contributed by atoms with van der Waals surface area (Å²) in [5.74, 6) is 0.500. The fourth-order valence-electron chi connectivity index (χ4n) is 6.09. The molecule has 2 aliphatic heterocycles. The van der Waals surface area contributed by atoms with Crippen LogP contribution in [0.15, 0.2) is 66.0 Å². The summed E-state index contributed by atoms with van der Waals surface area (Å²) in [6, 6.07) is 17.3. The number of fused-ring (bicyclic) bond motifs is 1.